The predicted octanol–water partition coefficient (Wildman–Crippen LogP) is 1.49. The molecule has 3 N–H and O–H groups in total. The van der Waals surface area contributed by atoms with Crippen LogP contribution >= 0.6 is 0 Å². The Balaban J connectivity index is 1.74. The highest BCUT2D eigenvalue weighted by Gasteiger charge is 2.27. The Morgan fingerprint density at radius 3 is 2.95 bits per heavy atom. The summed E-state index contributed by atoms with van der Waals surface area (Å²) in [6.07, 6.45) is 2.64. The molecule has 22 heavy (non-hydrogen) atoms. The molecule has 1 aliphatic heterocycles. The molecule has 0 radical (unpaired) electrons. The number of nitrogens with one attached hydrogen (secondary N) is 1. The quantitative estimate of drug-likeness (QED) is 0.895. The lowest BCUT2D eigenvalue weighted by molar-refractivity contribution is -0.123. The van der Waals surface area contributed by atoms with Crippen LogP contribution in [0.2, 0.25) is 0 Å². The van der Waals surface area contributed by atoms with Crippen molar-refractivity contribution in [1.29, 1.82) is 0 Å². The highest BCUT2D eigenvalue weighted by molar-refractivity contribution is 5.83. The summed E-state index contributed by atoms with van der Waals surface area (Å²) in [4.78, 5) is 16.9. The molecule has 6 nitrogen and oxygen atoms in total. The van der Waals surface area contributed by atoms with Crippen molar-refractivity contribution in [2.24, 2.45) is 5.73 Å². The van der Waals surface area contributed by atoms with Gasteiger partial charge in [-0.25, -0.2) is 9.67 Å². The van der Waals surface area contributed by atoms with Crippen LogP contribution in [-0.2, 0) is 17.8 Å². The number of aryl methyl sites for hydroxylation is 2. The number of amides is 1. The first-order valence-corrected chi connectivity index (χ1v) is 7.73. The molecule has 2 atom stereocenters. The number of nitrogens with zero attached hydrogens (tertiary/aromatic N) is 3. The molecule has 1 aromatic heterocycles. The molecule has 2 unspecified atom stereocenters. The maximum atomic E-state index is 12.4. The third-order valence-electron chi connectivity index (χ3n) is 3.99. The first-order chi connectivity index (χ1) is 10.7. The lowest BCUT2D eigenvalue weighted by Crippen LogP contribution is -2.39. The summed E-state index contributed by atoms with van der Waals surface area (Å²) < 4.78 is 1.90. The molecule has 2 aromatic rings. The van der Waals surface area contributed by atoms with E-state index < -0.39 is 6.04 Å². The van der Waals surface area contributed by atoms with Crippen LogP contribution < -0.4 is 11.1 Å². The largest absolute Gasteiger partial charge is 0.344 e. The van der Waals surface area contributed by atoms with Crippen LogP contribution in [0.1, 0.15) is 49.1 Å². The predicted molar refractivity (Wildman–Crippen MR) is 82.9 cm³/mol. The van der Waals surface area contributed by atoms with E-state index >= 15 is 0 Å². The molecular weight excluding hydrogens is 278 g/mol. The van der Waals surface area contributed by atoms with Crippen molar-refractivity contribution >= 4 is 5.91 Å². The summed E-state index contributed by atoms with van der Waals surface area (Å²) in [5.41, 5.74) is 6.86. The van der Waals surface area contributed by atoms with Crippen molar-refractivity contribution in [2.75, 3.05) is 0 Å². The third kappa shape index (κ3) is 2.87. The van der Waals surface area contributed by atoms with Gasteiger partial charge in [-0.2, -0.15) is 5.10 Å². The van der Waals surface area contributed by atoms with E-state index in [2.05, 4.69) is 15.4 Å². The second-order valence-corrected chi connectivity index (χ2v) is 5.55. The van der Waals surface area contributed by atoms with Gasteiger partial charge in [0.15, 0.2) is 5.82 Å². The minimum Gasteiger partial charge on any atom is -0.344 e. The molecule has 0 bridgehead atoms. The second-order valence-electron chi connectivity index (χ2n) is 5.55. The molecule has 0 fully saturated rings. The van der Waals surface area contributed by atoms with E-state index in [4.69, 9.17) is 5.73 Å². The van der Waals surface area contributed by atoms with Crippen LogP contribution in [0, 0.1) is 0 Å². The van der Waals surface area contributed by atoms with Crippen molar-refractivity contribution in [2.45, 2.75) is 44.8 Å². The molecule has 0 spiro atoms. The van der Waals surface area contributed by atoms with Crippen LogP contribution in [0.25, 0.3) is 0 Å². The van der Waals surface area contributed by atoms with E-state index in [0.29, 0.717) is 0 Å². The van der Waals surface area contributed by atoms with E-state index in [1.165, 1.54) is 0 Å². The standard InChI is InChI=1S/C16H21N5O/c1-2-13-19-15-12(9-6-10-21(15)20-13)18-16(22)14(17)11-7-4-3-5-8-11/h3-5,7-8,12,14H,2,6,9-10,17H2,1H3,(H,18,22). The average Bonchev–Trinajstić information content (AvgIpc) is 2.99. The molecule has 1 aliphatic rings. The number of hydrogen-bond donors (Lipinski definition) is 2. The number of carbonyl (C=O) groups is 1. The summed E-state index contributed by atoms with van der Waals surface area (Å²) >= 11 is 0. The Morgan fingerprint density at radius 2 is 2.23 bits per heavy atom. The molecule has 1 aromatic carbocycles. The number of benzene rings is 1. The van der Waals surface area contributed by atoms with Gasteiger partial charge >= 0.3 is 0 Å². The van der Waals surface area contributed by atoms with Crippen molar-refractivity contribution in [3.8, 4) is 0 Å². The first kappa shape index (κ1) is 14.7. The number of aromatic nitrogens is 3. The fourth-order valence-electron chi connectivity index (χ4n) is 2.76. The van der Waals surface area contributed by atoms with Crippen LogP contribution in [0.3, 0.4) is 0 Å². The van der Waals surface area contributed by atoms with Crippen LogP contribution in [-0.4, -0.2) is 20.7 Å². The van der Waals surface area contributed by atoms with Crippen LogP contribution in [0.5, 0.6) is 0 Å². The lowest BCUT2D eigenvalue weighted by atomic mass is 10.0. The molecular formula is C16H21N5O. The molecule has 116 valence electrons. The molecule has 0 aliphatic carbocycles. The topological polar surface area (TPSA) is 85.8 Å². The van der Waals surface area contributed by atoms with E-state index in [9.17, 15) is 4.79 Å². The molecule has 0 saturated heterocycles. The molecule has 6 heteroatoms. The van der Waals surface area contributed by atoms with Crippen molar-refractivity contribution in [3.63, 3.8) is 0 Å². The van der Waals surface area contributed by atoms with Gasteiger partial charge in [-0.3, -0.25) is 4.79 Å². The zero-order valence-electron chi connectivity index (χ0n) is 12.7. The Morgan fingerprint density at radius 1 is 1.45 bits per heavy atom. The van der Waals surface area contributed by atoms with Gasteiger partial charge in [-0.05, 0) is 18.4 Å². The van der Waals surface area contributed by atoms with Crippen molar-refractivity contribution < 1.29 is 4.79 Å². The number of nitrogens with two attached hydrogens (primary N) is 1. The highest BCUT2D eigenvalue weighted by Crippen LogP contribution is 2.24. The normalized spacial score (nSPS) is 18.5. The van der Waals surface area contributed by atoms with Gasteiger partial charge in [0.25, 0.3) is 0 Å². The van der Waals surface area contributed by atoms with Gasteiger partial charge in [-0.1, -0.05) is 37.3 Å². The Labute approximate surface area is 129 Å². The summed E-state index contributed by atoms with van der Waals surface area (Å²) in [5, 5.41) is 7.48. The van der Waals surface area contributed by atoms with Gasteiger partial charge in [0.2, 0.25) is 5.91 Å². The maximum Gasteiger partial charge on any atom is 0.242 e. The summed E-state index contributed by atoms with van der Waals surface area (Å²) in [5.74, 6) is 1.49. The summed E-state index contributed by atoms with van der Waals surface area (Å²) in [6.45, 7) is 2.89. The van der Waals surface area contributed by atoms with E-state index in [1.807, 2.05) is 41.9 Å². The number of rotatable bonds is 4. The minimum absolute atomic E-state index is 0.108. The van der Waals surface area contributed by atoms with Gasteiger partial charge < -0.3 is 11.1 Å². The van der Waals surface area contributed by atoms with E-state index in [0.717, 1.165) is 43.0 Å². The van der Waals surface area contributed by atoms with Gasteiger partial charge in [0, 0.05) is 13.0 Å². The fraction of sp³-hybridized carbons (Fsp3) is 0.438. The zero-order chi connectivity index (χ0) is 15.5. The van der Waals surface area contributed by atoms with E-state index in [-0.39, 0.29) is 11.9 Å². The molecule has 0 saturated carbocycles. The summed E-state index contributed by atoms with van der Waals surface area (Å²) in [6, 6.07) is 8.63. The summed E-state index contributed by atoms with van der Waals surface area (Å²) in [7, 11) is 0. The molecule has 3 rings (SSSR count). The molecule has 1 amide bonds. The van der Waals surface area contributed by atoms with E-state index in [1.54, 1.807) is 0 Å². The van der Waals surface area contributed by atoms with Crippen molar-refractivity contribution in [3.05, 3.63) is 47.5 Å². The van der Waals surface area contributed by atoms with Crippen LogP contribution in [0.4, 0.5) is 0 Å². The fourth-order valence-corrected chi connectivity index (χ4v) is 2.76. The third-order valence-corrected chi connectivity index (χ3v) is 3.99. The number of carbonyl (C=O) groups excluding carboxylic acids is 1. The average molecular weight is 299 g/mol. The van der Waals surface area contributed by atoms with Gasteiger partial charge in [0.05, 0.1) is 6.04 Å². The number of hydrogen-bond acceptors (Lipinski definition) is 4. The Kier molecular flexibility index (Phi) is 4.20. The second kappa shape index (κ2) is 6.27. The monoisotopic (exact) mass is 299 g/mol. The molecule has 2 heterocycles. The Hall–Kier alpha value is -2.21. The zero-order valence-corrected chi connectivity index (χ0v) is 12.7. The first-order valence-electron chi connectivity index (χ1n) is 7.73. The van der Waals surface area contributed by atoms with Crippen molar-refractivity contribution in [1.82, 2.24) is 20.1 Å². The highest BCUT2D eigenvalue weighted by atomic mass is 16.2. The maximum absolute atomic E-state index is 12.4. The van der Waals surface area contributed by atoms with Gasteiger partial charge in [0.1, 0.15) is 11.9 Å². The smallest absolute Gasteiger partial charge is 0.242 e. The lowest BCUT2D eigenvalue weighted by Gasteiger charge is -2.24. The minimum atomic E-state index is -0.662. The van der Waals surface area contributed by atoms with Gasteiger partial charge in [-0.15, -0.1) is 0 Å². The number of fused-ring (bicyclic) bond motifs is 1. The van der Waals surface area contributed by atoms with Crippen LogP contribution in [0.15, 0.2) is 30.3 Å². The SMILES string of the molecule is CCc1nc2n(n1)CCCC2NC(=O)C(N)c1ccccc1. The Bertz CT molecular complexity index is 652.